The minimum Gasteiger partial charge on any atom is -0.462 e. The van der Waals surface area contributed by atoms with E-state index in [1.807, 2.05) is 39.0 Å². The number of ether oxygens (including phenoxy) is 1. The Balaban J connectivity index is -0.000000567. The predicted octanol–water partition coefficient (Wildman–Crippen LogP) is 12.5. The highest BCUT2D eigenvalue weighted by molar-refractivity contribution is 7.59. The van der Waals surface area contributed by atoms with Gasteiger partial charge in [-0.25, -0.2) is 14.8 Å². The van der Waals surface area contributed by atoms with Gasteiger partial charge in [-0.3, -0.25) is 4.79 Å². The van der Waals surface area contributed by atoms with Gasteiger partial charge in [0.25, 0.3) is 0 Å². The number of aromatic nitrogens is 2. The number of unbranched alkanes of at least 4 members (excludes halogenated alkanes) is 2. The molecule has 1 aromatic carbocycles. The number of thiazole rings is 1. The van der Waals surface area contributed by atoms with Crippen LogP contribution in [0.5, 0.6) is 0 Å². The molecular formula is C39H68N2O3S2. The highest BCUT2D eigenvalue weighted by atomic mass is 32.1. The van der Waals surface area contributed by atoms with Gasteiger partial charge in [0.15, 0.2) is 10.8 Å². The van der Waals surface area contributed by atoms with Crippen LogP contribution < -0.4 is 0 Å². The second-order valence-electron chi connectivity index (χ2n) is 11.8. The fourth-order valence-electron chi connectivity index (χ4n) is 3.58. The summed E-state index contributed by atoms with van der Waals surface area (Å²) >= 11 is 1.45. The van der Waals surface area contributed by atoms with Gasteiger partial charge < -0.3 is 4.74 Å². The van der Waals surface area contributed by atoms with Crippen LogP contribution in [0.1, 0.15) is 166 Å². The Bertz CT molecular complexity index is 1100. The molecule has 0 bridgehead atoms. The van der Waals surface area contributed by atoms with Crippen molar-refractivity contribution in [1.29, 1.82) is 0 Å². The van der Waals surface area contributed by atoms with Crippen LogP contribution in [0.2, 0.25) is 0 Å². The summed E-state index contributed by atoms with van der Waals surface area (Å²) in [6.45, 7) is 25.8. The summed E-state index contributed by atoms with van der Waals surface area (Å²) in [5, 5.41) is 0.627. The van der Waals surface area contributed by atoms with Gasteiger partial charge in [0, 0.05) is 12.1 Å². The number of aryl methyl sites for hydroxylation is 2. The maximum atomic E-state index is 11.9. The van der Waals surface area contributed by atoms with Crippen molar-refractivity contribution in [3.8, 4) is 0 Å². The SMILES string of the molecule is CC.CC(C)C.CCC(C)C.CCCC(=O)c1nc2cc3c(nc2s1)CCCC3.CCCCC.CCOC(=O)c1ccccc1.S. The molecule has 4 rings (SSSR count). The minimum atomic E-state index is -0.256. The molecule has 0 spiro atoms. The molecule has 1 aliphatic carbocycles. The Morgan fingerprint density at radius 3 is 1.85 bits per heavy atom. The van der Waals surface area contributed by atoms with E-state index in [2.05, 4.69) is 71.4 Å². The number of esters is 1. The number of ketones is 1. The van der Waals surface area contributed by atoms with Crippen molar-refractivity contribution in [3.63, 3.8) is 0 Å². The van der Waals surface area contributed by atoms with E-state index >= 15 is 0 Å². The number of hydrogen-bond donors (Lipinski definition) is 0. The van der Waals surface area contributed by atoms with E-state index in [9.17, 15) is 9.59 Å². The smallest absolute Gasteiger partial charge is 0.338 e. The number of nitrogens with zero attached hydrogens (tertiary/aromatic N) is 2. The van der Waals surface area contributed by atoms with Crippen molar-refractivity contribution in [2.45, 2.75) is 147 Å². The summed E-state index contributed by atoms with van der Waals surface area (Å²) in [5.74, 6) is 1.61. The standard InChI is InChI=1S/C14H16N2OS.C9H10O2.2C5H12.C4H10.C2H6.H2S/c1-2-5-12(17)14-16-11-8-9-6-3-4-7-10(9)15-13(11)18-14;1-2-11-9(10)8-6-4-3-5-7-8;1-4-5(2)3;1-3-5-4-2;1-4(2)3;1-2;/h8H,2-7H2,1H3;3-7H,2H2,1H3;5H,4H2,1-3H3;3-5H2,1-2H3;4H,1-3H3;1-2H3;1H2. The van der Waals surface area contributed by atoms with Gasteiger partial charge in [-0.05, 0) is 74.6 Å². The number of rotatable bonds is 8. The van der Waals surface area contributed by atoms with E-state index in [1.54, 1.807) is 19.1 Å². The van der Waals surface area contributed by atoms with Crippen LogP contribution in [0, 0.1) is 11.8 Å². The molecule has 0 amide bonds. The number of fused-ring (bicyclic) bond motifs is 2. The zero-order valence-corrected chi connectivity index (χ0v) is 33.2. The van der Waals surface area contributed by atoms with Gasteiger partial charge in [0.2, 0.25) is 0 Å². The predicted molar refractivity (Wildman–Crippen MR) is 208 cm³/mol. The number of carbonyl (C=O) groups is 2. The van der Waals surface area contributed by atoms with E-state index in [4.69, 9.17) is 4.74 Å². The third-order valence-electron chi connectivity index (χ3n) is 6.19. The van der Waals surface area contributed by atoms with E-state index in [1.165, 1.54) is 61.1 Å². The van der Waals surface area contributed by atoms with Gasteiger partial charge in [-0.2, -0.15) is 13.5 Å². The molecule has 0 unspecified atom stereocenters. The molecule has 2 aromatic heterocycles. The Kier molecular flexibility index (Phi) is 32.8. The number of pyridine rings is 1. The van der Waals surface area contributed by atoms with Crippen LogP contribution >= 0.6 is 24.8 Å². The number of benzene rings is 1. The van der Waals surface area contributed by atoms with Crippen LogP contribution in [-0.4, -0.2) is 28.3 Å². The van der Waals surface area contributed by atoms with Crippen molar-refractivity contribution >= 4 is 46.9 Å². The fraction of sp³-hybridized carbons (Fsp3) is 0.641. The maximum Gasteiger partial charge on any atom is 0.338 e. The first-order valence-corrected chi connectivity index (χ1v) is 18.4. The molecule has 0 aliphatic heterocycles. The molecule has 0 radical (unpaired) electrons. The first-order chi connectivity index (χ1) is 21.5. The monoisotopic (exact) mass is 676 g/mol. The molecule has 0 saturated heterocycles. The van der Waals surface area contributed by atoms with E-state index in [-0.39, 0.29) is 25.2 Å². The third kappa shape index (κ3) is 23.1. The summed E-state index contributed by atoms with van der Waals surface area (Å²) in [7, 11) is 0. The van der Waals surface area contributed by atoms with Gasteiger partial charge in [0.1, 0.15) is 10.3 Å². The quantitative estimate of drug-likeness (QED) is 0.175. The molecule has 1 aliphatic rings. The van der Waals surface area contributed by atoms with Crippen LogP contribution in [0.25, 0.3) is 10.3 Å². The summed E-state index contributed by atoms with van der Waals surface area (Å²) in [6.07, 6.45) is 11.5. The lowest BCUT2D eigenvalue weighted by Crippen LogP contribution is -2.04. The largest absolute Gasteiger partial charge is 0.462 e. The van der Waals surface area contributed by atoms with E-state index in [0.29, 0.717) is 23.6 Å². The summed E-state index contributed by atoms with van der Waals surface area (Å²) < 4.78 is 4.79. The number of Topliss-reactive ketones (excluding diaryl/α,β-unsaturated/α-hetero) is 1. The molecule has 0 saturated carbocycles. The van der Waals surface area contributed by atoms with Gasteiger partial charge in [-0.15, -0.1) is 0 Å². The van der Waals surface area contributed by atoms with Gasteiger partial charge in [-0.1, -0.05) is 131 Å². The number of hydrogen-bond acceptors (Lipinski definition) is 6. The lowest BCUT2D eigenvalue weighted by Gasteiger charge is -2.13. The second-order valence-corrected chi connectivity index (χ2v) is 12.8. The highest BCUT2D eigenvalue weighted by Crippen LogP contribution is 2.27. The molecule has 0 fully saturated rings. The highest BCUT2D eigenvalue weighted by Gasteiger charge is 2.16. The molecule has 0 atom stereocenters. The minimum absolute atomic E-state index is 0. The zero-order chi connectivity index (χ0) is 34.6. The van der Waals surface area contributed by atoms with Crippen molar-refractivity contribution < 1.29 is 14.3 Å². The third-order valence-corrected chi connectivity index (χ3v) is 7.19. The van der Waals surface area contributed by atoms with Crippen LogP contribution in [-0.2, 0) is 17.6 Å². The number of carbonyl (C=O) groups excluding carboxylic acids is 2. The fourth-order valence-corrected chi connectivity index (χ4v) is 4.49. The molecule has 5 nitrogen and oxygen atoms in total. The normalized spacial score (nSPS) is 10.8. The van der Waals surface area contributed by atoms with Crippen LogP contribution in [0.15, 0.2) is 36.4 Å². The molecule has 46 heavy (non-hydrogen) atoms. The Labute approximate surface area is 294 Å². The lowest BCUT2D eigenvalue weighted by molar-refractivity contribution is 0.0526. The molecular weight excluding hydrogens is 609 g/mol. The van der Waals surface area contributed by atoms with E-state index in [0.717, 1.165) is 41.4 Å². The molecule has 3 aromatic rings. The van der Waals surface area contributed by atoms with Gasteiger partial charge >= 0.3 is 5.97 Å². The topological polar surface area (TPSA) is 69.2 Å². The van der Waals surface area contributed by atoms with Crippen LogP contribution in [0.3, 0.4) is 0 Å². The second kappa shape index (κ2) is 31.4. The van der Waals surface area contributed by atoms with Crippen molar-refractivity contribution in [2.24, 2.45) is 11.8 Å². The Morgan fingerprint density at radius 1 is 0.848 bits per heavy atom. The average Bonchev–Trinajstić information content (AvgIpc) is 3.46. The van der Waals surface area contributed by atoms with Crippen LogP contribution in [0.4, 0.5) is 0 Å². The molecule has 264 valence electrons. The molecule has 0 N–H and O–H groups in total. The summed E-state index contributed by atoms with van der Waals surface area (Å²) in [6, 6.07) is 11.1. The van der Waals surface area contributed by atoms with Crippen molar-refractivity contribution in [2.75, 3.05) is 6.61 Å². The van der Waals surface area contributed by atoms with Crippen molar-refractivity contribution in [3.05, 3.63) is 58.2 Å². The first-order valence-electron chi connectivity index (χ1n) is 17.6. The maximum absolute atomic E-state index is 11.9. The average molecular weight is 677 g/mol. The van der Waals surface area contributed by atoms with Gasteiger partial charge in [0.05, 0.1) is 12.2 Å². The van der Waals surface area contributed by atoms with E-state index < -0.39 is 0 Å². The summed E-state index contributed by atoms with van der Waals surface area (Å²) in [4.78, 5) is 32.9. The summed E-state index contributed by atoms with van der Waals surface area (Å²) in [5.41, 5.74) is 4.05. The van der Waals surface area contributed by atoms with Crippen molar-refractivity contribution in [1.82, 2.24) is 9.97 Å². The Morgan fingerprint density at radius 2 is 1.39 bits per heavy atom. The zero-order valence-electron chi connectivity index (χ0n) is 31.4. The lowest BCUT2D eigenvalue weighted by atomic mass is 9.96. The molecule has 2 heterocycles. The Hall–Kier alpha value is -2.25. The first kappa shape index (κ1) is 48.1. The molecule has 7 heteroatoms.